The minimum absolute atomic E-state index is 0.0370. The lowest BCUT2D eigenvalue weighted by Gasteiger charge is -2.22. The van der Waals surface area contributed by atoms with E-state index >= 15 is 0 Å². The van der Waals surface area contributed by atoms with E-state index in [1.54, 1.807) is 7.11 Å². The van der Waals surface area contributed by atoms with E-state index in [-0.39, 0.29) is 6.04 Å². The summed E-state index contributed by atoms with van der Waals surface area (Å²) in [4.78, 5) is 0. The fraction of sp³-hybridized carbons (Fsp3) is 0.333. The summed E-state index contributed by atoms with van der Waals surface area (Å²) in [5.74, 6) is 0.791. The van der Waals surface area contributed by atoms with Crippen LogP contribution in [0.5, 0.6) is 5.75 Å². The number of ether oxygens (including phenoxy) is 1. The molecular formula is C18H23NO2. The van der Waals surface area contributed by atoms with Gasteiger partial charge in [-0.3, -0.25) is 0 Å². The molecule has 0 spiro atoms. The van der Waals surface area contributed by atoms with Crippen molar-refractivity contribution in [3.05, 3.63) is 60.2 Å². The third kappa shape index (κ3) is 4.50. The second kappa shape index (κ2) is 7.70. The highest BCUT2D eigenvalue weighted by Crippen LogP contribution is 2.24. The first-order valence-corrected chi connectivity index (χ1v) is 7.32. The largest absolute Gasteiger partial charge is 0.495 e. The highest BCUT2D eigenvalue weighted by molar-refractivity contribution is 5.56. The maximum absolute atomic E-state index is 10.3. The standard InChI is InChI=1S/C18H23NO2/c1-14(19-16-10-6-7-11-18(16)21-2)17(20)13-12-15-8-4-3-5-9-15/h3-11,14,17,19-20H,12-13H2,1-2H3/t14-,17-/m1/s1. The van der Waals surface area contributed by atoms with Crippen LogP contribution < -0.4 is 10.1 Å². The van der Waals surface area contributed by atoms with E-state index in [1.165, 1.54) is 5.56 Å². The number of aliphatic hydroxyl groups excluding tert-OH is 1. The van der Waals surface area contributed by atoms with Gasteiger partial charge >= 0.3 is 0 Å². The second-order valence-electron chi connectivity index (χ2n) is 5.22. The van der Waals surface area contributed by atoms with E-state index in [0.717, 1.165) is 24.3 Å². The summed E-state index contributed by atoms with van der Waals surface area (Å²) in [6, 6.07) is 17.9. The first kappa shape index (κ1) is 15.4. The Morgan fingerprint density at radius 3 is 2.43 bits per heavy atom. The predicted octanol–water partition coefficient (Wildman–Crippen LogP) is 3.49. The van der Waals surface area contributed by atoms with Crippen LogP contribution in [-0.4, -0.2) is 24.4 Å². The van der Waals surface area contributed by atoms with E-state index in [0.29, 0.717) is 0 Å². The summed E-state index contributed by atoms with van der Waals surface area (Å²) in [6.45, 7) is 1.99. The zero-order valence-corrected chi connectivity index (χ0v) is 12.6. The van der Waals surface area contributed by atoms with Crippen LogP contribution in [0.15, 0.2) is 54.6 Å². The van der Waals surface area contributed by atoms with Crippen LogP contribution in [0.1, 0.15) is 18.9 Å². The molecule has 0 aliphatic carbocycles. The van der Waals surface area contributed by atoms with Crippen LogP contribution in [-0.2, 0) is 6.42 Å². The normalized spacial score (nSPS) is 13.5. The minimum atomic E-state index is -0.407. The number of aryl methyl sites for hydroxylation is 1. The summed E-state index contributed by atoms with van der Waals surface area (Å²) in [5.41, 5.74) is 2.16. The first-order valence-electron chi connectivity index (χ1n) is 7.32. The Kier molecular flexibility index (Phi) is 5.64. The van der Waals surface area contributed by atoms with Crippen molar-refractivity contribution in [3.63, 3.8) is 0 Å². The van der Waals surface area contributed by atoms with Crippen molar-refractivity contribution in [2.45, 2.75) is 31.9 Å². The van der Waals surface area contributed by atoms with Gasteiger partial charge < -0.3 is 15.2 Å². The maximum Gasteiger partial charge on any atom is 0.141 e. The summed E-state index contributed by atoms with van der Waals surface area (Å²) in [6.07, 6.45) is 1.20. The van der Waals surface area contributed by atoms with Gasteiger partial charge in [0.1, 0.15) is 5.75 Å². The second-order valence-corrected chi connectivity index (χ2v) is 5.22. The molecule has 0 amide bonds. The molecule has 0 unspecified atom stereocenters. The van der Waals surface area contributed by atoms with Gasteiger partial charge in [-0.2, -0.15) is 0 Å². The molecule has 3 nitrogen and oxygen atoms in total. The number of hydrogen-bond acceptors (Lipinski definition) is 3. The maximum atomic E-state index is 10.3. The highest BCUT2D eigenvalue weighted by Gasteiger charge is 2.15. The Hall–Kier alpha value is -2.00. The number of benzene rings is 2. The monoisotopic (exact) mass is 285 g/mol. The zero-order chi connectivity index (χ0) is 15.1. The van der Waals surface area contributed by atoms with Crippen LogP contribution in [0.4, 0.5) is 5.69 Å². The molecule has 2 atom stereocenters. The molecule has 0 aliphatic heterocycles. The van der Waals surface area contributed by atoms with Gasteiger partial charge in [-0.1, -0.05) is 42.5 Å². The van der Waals surface area contributed by atoms with Crippen LogP contribution in [0.25, 0.3) is 0 Å². The van der Waals surface area contributed by atoms with Crippen molar-refractivity contribution in [1.82, 2.24) is 0 Å². The zero-order valence-electron chi connectivity index (χ0n) is 12.6. The topological polar surface area (TPSA) is 41.5 Å². The van der Waals surface area contributed by atoms with Crippen molar-refractivity contribution in [3.8, 4) is 5.75 Å². The summed E-state index contributed by atoms with van der Waals surface area (Å²) >= 11 is 0. The van der Waals surface area contributed by atoms with Gasteiger partial charge in [-0.05, 0) is 37.5 Å². The molecule has 112 valence electrons. The fourth-order valence-electron chi connectivity index (χ4n) is 2.31. The Morgan fingerprint density at radius 2 is 1.71 bits per heavy atom. The number of hydrogen-bond donors (Lipinski definition) is 2. The van der Waals surface area contributed by atoms with Gasteiger partial charge in [0.15, 0.2) is 0 Å². The number of methoxy groups -OCH3 is 1. The lowest BCUT2D eigenvalue weighted by atomic mass is 10.0. The Labute approximate surface area is 126 Å². The quantitative estimate of drug-likeness (QED) is 0.818. The summed E-state index contributed by atoms with van der Waals surface area (Å²) in [5, 5.41) is 13.6. The first-order chi connectivity index (χ1) is 10.2. The molecule has 2 aromatic rings. The lowest BCUT2D eigenvalue weighted by Crippen LogP contribution is -2.31. The molecule has 0 bridgehead atoms. The molecule has 2 aromatic carbocycles. The van der Waals surface area contributed by atoms with E-state index in [4.69, 9.17) is 4.74 Å². The van der Waals surface area contributed by atoms with E-state index < -0.39 is 6.10 Å². The molecule has 21 heavy (non-hydrogen) atoms. The van der Waals surface area contributed by atoms with Crippen molar-refractivity contribution < 1.29 is 9.84 Å². The Balaban J connectivity index is 1.89. The van der Waals surface area contributed by atoms with Crippen LogP contribution in [0.3, 0.4) is 0 Å². The van der Waals surface area contributed by atoms with Crippen molar-refractivity contribution in [2.24, 2.45) is 0 Å². The number of anilines is 1. The van der Waals surface area contributed by atoms with Gasteiger partial charge in [0, 0.05) is 6.04 Å². The van der Waals surface area contributed by atoms with E-state index in [1.807, 2.05) is 49.4 Å². The molecule has 0 heterocycles. The molecule has 0 radical (unpaired) electrons. The van der Waals surface area contributed by atoms with E-state index in [2.05, 4.69) is 17.4 Å². The third-order valence-corrected chi connectivity index (χ3v) is 3.64. The fourth-order valence-corrected chi connectivity index (χ4v) is 2.31. The number of rotatable bonds is 7. The summed E-state index contributed by atoms with van der Waals surface area (Å²) in [7, 11) is 1.65. The molecule has 0 saturated heterocycles. The van der Waals surface area contributed by atoms with Gasteiger partial charge in [0.05, 0.1) is 18.9 Å². The van der Waals surface area contributed by atoms with Gasteiger partial charge in [-0.25, -0.2) is 0 Å². The Morgan fingerprint density at radius 1 is 1.05 bits per heavy atom. The van der Waals surface area contributed by atoms with Crippen molar-refractivity contribution in [1.29, 1.82) is 0 Å². The molecule has 2 N–H and O–H groups in total. The molecule has 0 aliphatic rings. The highest BCUT2D eigenvalue weighted by atomic mass is 16.5. The molecule has 2 rings (SSSR count). The molecule has 0 aromatic heterocycles. The molecule has 0 saturated carbocycles. The average molecular weight is 285 g/mol. The lowest BCUT2D eigenvalue weighted by molar-refractivity contribution is 0.148. The van der Waals surface area contributed by atoms with Crippen LogP contribution in [0, 0.1) is 0 Å². The molecule has 0 fully saturated rings. The van der Waals surface area contributed by atoms with Crippen molar-refractivity contribution >= 4 is 5.69 Å². The van der Waals surface area contributed by atoms with Crippen LogP contribution >= 0.6 is 0 Å². The van der Waals surface area contributed by atoms with E-state index in [9.17, 15) is 5.11 Å². The Bertz CT molecular complexity index is 542. The predicted molar refractivity (Wildman–Crippen MR) is 86.8 cm³/mol. The number of nitrogens with one attached hydrogen (secondary N) is 1. The van der Waals surface area contributed by atoms with Crippen molar-refractivity contribution in [2.75, 3.05) is 12.4 Å². The molecular weight excluding hydrogens is 262 g/mol. The SMILES string of the molecule is COc1ccccc1N[C@H](C)[C@H](O)CCc1ccccc1. The van der Waals surface area contributed by atoms with Gasteiger partial charge in [0.25, 0.3) is 0 Å². The number of para-hydroxylation sites is 2. The smallest absolute Gasteiger partial charge is 0.141 e. The van der Waals surface area contributed by atoms with Gasteiger partial charge in [-0.15, -0.1) is 0 Å². The van der Waals surface area contributed by atoms with Crippen LogP contribution in [0.2, 0.25) is 0 Å². The average Bonchev–Trinajstić information content (AvgIpc) is 2.54. The third-order valence-electron chi connectivity index (χ3n) is 3.64. The van der Waals surface area contributed by atoms with Gasteiger partial charge in [0.2, 0.25) is 0 Å². The summed E-state index contributed by atoms with van der Waals surface area (Å²) < 4.78 is 5.31. The number of aliphatic hydroxyl groups is 1. The minimum Gasteiger partial charge on any atom is -0.495 e. The molecule has 3 heteroatoms.